The molecule has 192 valence electrons. The first-order valence-electron chi connectivity index (χ1n) is 10.6. The number of fused-ring (bicyclic) bond motifs is 3. The van der Waals surface area contributed by atoms with Crippen LogP contribution in [0.2, 0.25) is 0 Å². The number of primary amides is 1. The number of amides is 1. The number of phenols is 3. The quantitative estimate of drug-likeness (QED) is 0.112. The molecule has 14 heteroatoms. The van der Waals surface area contributed by atoms with E-state index in [0.29, 0.717) is 0 Å². The van der Waals surface area contributed by atoms with E-state index >= 15 is 0 Å². The molecule has 8 N–H and O–H groups in total. The van der Waals surface area contributed by atoms with E-state index in [2.05, 4.69) is 0 Å². The molecule has 4 rings (SSSR count). The van der Waals surface area contributed by atoms with E-state index in [9.17, 15) is 55.1 Å². The van der Waals surface area contributed by atoms with Gasteiger partial charge in [0, 0.05) is 22.6 Å². The summed E-state index contributed by atoms with van der Waals surface area (Å²) < 4.78 is 0. The number of aliphatic hydroxyl groups excluding tert-OH is 2. The fraction of sp³-hybridized carbons (Fsp3) is 0.409. The van der Waals surface area contributed by atoms with Crippen molar-refractivity contribution >= 4 is 33.9 Å². The van der Waals surface area contributed by atoms with Crippen molar-refractivity contribution in [3.8, 4) is 17.2 Å². The number of likely N-dealkylation sites (N-methyl/N-ethyl adjacent to an activating group) is 1. The van der Waals surface area contributed by atoms with Gasteiger partial charge in [-0.3, -0.25) is 29.4 Å². The van der Waals surface area contributed by atoms with Crippen LogP contribution < -0.4 is 5.73 Å². The highest BCUT2D eigenvalue weighted by molar-refractivity contribution is 6.24. The number of ketones is 2. The van der Waals surface area contributed by atoms with Crippen LogP contribution in [-0.2, 0) is 14.4 Å². The Bertz CT molecular complexity index is 1390. The first-order valence-corrected chi connectivity index (χ1v) is 10.6. The predicted molar refractivity (Wildman–Crippen MR) is 119 cm³/mol. The van der Waals surface area contributed by atoms with Crippen LogP contribution in [0.5, 0.6) is 17.2 Å². The number of aliphatic hydroxyl groups is 3. The van der Waals surface area contributed by atoms with Crippen LogP contribution in [0.4, 0.5) is 5.69 Å². The second-order valence-corrected chi connectivity index (χ2v) is 9.30. The number of nitro benzene ring substituents is 1. The van der Waals surface area contributed by atoms with Gasteiger partial charge in [0.15, 0.2) is 23.1 Å². The van der Waals surface area contributed by atoms with E-state index < -0.39 is 97.5 Å². The molecular weight excluding hydrogens is 482 g/mol. The molecule has 0 saturated heterocycles. The molecule has 1 amide bonds. The molecule has 14 nitrogen and oxygen atoms in total. The van der Waals surface area contributed by atoms with E-state index in [0.717, 1.165) is 6.07 Å². The highest BCUT2D eigenvalue weighted by Crippen LogP contribution is 2.60. The molecule has 0 aromatic heterocycles. The summed E-state index contributed by atoms with van der Waals surface area (Å²) in [6, 6.07) is -0.634. The van der Waals surface area contributed by atoms with Gasteiger partial charge in [0.2, 0.25) is 11.7 Å². The Hall–Kier alpha value is -3.85. The summed E-state index contributed by atoms with van der Waals surface area (Å²) in [5.41, 5.74) is -0.0654. The predicted octanol–water partition coefficient (Wildman–Crippen LogP) is -1.22. The van der Waals surface area contributed by atoms with Crippen molar-refractivity contribution in [3.63, 3.8) is 0 Å². The Morgan fingerprint density at radius 3 is 2.14 bits per heavy atom. The topological polar surface area (TPSA) is 245 Å². The normalized spacial score (nSPS) is 29.8. The number of phenolic OH excluding ortho intramolecular Hbond substituents is 3. The van der Waals surface area contributed by atoms with Gasteiger partial charge in [-0.2, -0.15) is 0 Å². The maximum Gasteiger partial charge on any atom is 0.311 e. The molecule has 2 unspecified atom stereocenters. The monoisotopic (exact) mass is 505 g/mol. The Balaban J connectivity index is 2.15. The van der Waals surface area contributed by atoms with Crippen molar-refractivity contribution in [1.82, 2.24) is 4.90 Å². The molecule has 6 atom stereocenters. The minimum absolute atomic E-state index is 0.00127. The first-order chi connectivity index (χ1) is 16.6. The largest absolute Gasteiger partial charge is 0.507 e. The number of aryl methyl sites for hydroxylation is 1. The van der Waals surface area contributed by atoms with Gasteiger partial charge in [-0.15, -0.1) is 0 Å². The fourth-order valence-electron chi connectivity index (χ4n) is 5.65. The van der Waals surface area contributed by atoms with E-state index in [1.807, 2.05) is 0 Å². The molecule has 2 aromatic rings. The summed E-state index contributed by atoms with van der Waals surface area (Å²) in [6.07, 6.45) is -4.53. The smallest absolute Gasteiger partial charge is 0.311 e. The number of nitro groups is 1. The van der Waals surface area contributed by atoms with Crippen molar-refractivity contribution in [2.45, 2.75) is 30.8 Å². The molecular formula is C22H23N3O11. The Morgan fingerprint density at radius 1 is 1.08 bits per heavy atom. The molecule has 1 fully saturated rings. The molecule has 0 bridgehead atoms. The molecule has 1 saturated carbocycles. The Kier molecular flexibility index (Phi) is 5.49. The summed E-state index contributed by atoms with van der Waals surface area (Å²) in [6.45, 7) is 1.32. The van der Waals surface area contributed by atoms with Gasteiger partial charge in [-0.25, -0.2) is 0 Å². The minimum Gasteiger partial charge on any atom is -0.507 e. The first kappa shape index (κ1) is 25.2. The lowest BCUT2D eigenvalue weighted by atomic mass is 9.56. The summed E-state index contributed by atoms with van der Waals surface area (Å²) in [4.78, 5) is 49.9. The van der Waals surface area contributed by atoms with Crippen molar-refractivity contribution in [3.05, 3.63) is 32.9 Å². The zero-order valence-electron chi connectivity index (χ0n) is 19.2. The summed E-state index contributed by atoms with van der Waals surface area (Å²) in [7, 11) is 2.70. The highest BCUT2D eigenvalue weighted by Gasteiger charge is 2.69. The van der Waals surface area contributed by atoms with Gasteiger partial charge in [-0.1, -0.05) is 0 Å². The van der Waals surface area contributed by atoms with Crippen LogP contribution in [0.1, 0.15) is 28.9 Å². The van der Waals surface area contributed by atoms with Crippen LogP contribution in [0, 0.1) is 28.9 Å². The number of hydrogen-bond acceptors (Lipinski definition) is 12. The van der Waals surface area contributed by atoms with Crippen molar-refractivity contribution in [2.24, 2.45) is 17.6 Å². The Labute approximate surface area is 201 Å². The Morgan fingerprint density at radius 2 is 1.64 bits per heavy atom. The van der Waals surface area contributed by atoms with Crippen LogP contribution in [0.15, 0.2) is 6.07 Å². The third-order valence-electron chi connectivity index (χ3n) is 7.20. The molecule has 0 spiro atoms. The van der Waals surface area contributed by atoms with Crippen LogP contribution in [0.25, 0.3) is 10.8 Å². The molecule has 0 aliphatic heterocycles. The SMILES string of the molecule is Cc1cc([N+](=O)[O-])c(O)c2c(O)c3c(c(O)c12)[C@H](O)[C@H]1[C@H](N(C)C)C(=O)C(C(N)=O)C(=O)[C@@]1(O)C3O. The van der Waals surface area contributed by atoms with Crippen molar-refractivity contribution in [2.75, 3.05) is 14.1 Å². The van der Waals surface area contributed by atoms with Gasteiger partial charge in [0.1, 0.15) is 17.6 Å². The third-order valence-corrected chi connectivity index (χ3v) is 7.20. The van der Waals surface area contributed by atoms with Crippen LogP contribution >= 0.6 is 0 Å². The van der Waals surface area contributed by atoms with Crippen LogP contribution in [0.3, 0.4) is 0 Å². The van der Waals surface area contributed by atoms with E-state index in [1.165, 1.54) is 25.9 Å². The highest BCUT2D eigenvalue weighted by atomic mass is 16.6. The lowest BCUT2D eigenvalue weighted by Gasteiger charge is -2.53. The number of benzene rings is 2. The number of nitrogens with two attached hydrogens (primary N) is 1. The standard InChI is InChI=1S/C22H23N3O11/c1-5-4-6(25(35)36)14(26)8-7(5)15(27)9-10(16(8)28)19(31)22(34)12(17(9)29)13(24(2)3)18(30)11(20(22)32)21(23)33/h4,11-13,17,19,26-29,31,34H,1-3H3,(H2,23,33)/t11?,12-,13+,17+,19?,22+/m1/s1. The number of hydrogen-bond donors (Lipinski definition) is 7. The van der Waals surface area contributed by atoms with Gasteiger partial charge in [0.05, 0.1) is 28.4 Å². The fourth-order valence-corrected chi connectivity index (χ4v) is 5.65. The number of carbonyl (C=O) groups is 3. The van der Waals surface area contributed by atoms with Gasteiger partial charge >= 0.3 is 5.69 Å². The third kappa shape index (κ3) is 2.89. The number of rotatable bonds is 3. The second kappa shape index (κ2) is 7.83. The maximum absolute atomic E-state index is 13.2. The van der Waals surface area contributed by atoms with Gasteiger partial charge < -0.3 is 36.4 Å². The lowest BCUT2D eigenvalue weighted by molar-refractivity contribution is -0.385. The molecule has 2 aliphatic rings. The summed E-state index contributed by atoms with van der Waals surface area (Å²) >= 11 is 0. The maximum atomic E-state index is 13.2. The minimum atomic E-state index is -3.07. The molecule has 0 radical (unpaired) electrons. The molecule has 0 heterocycles. The number of aromatic hydroxyl groups is 3. The average molecular weight is 505 g/mol. The number of nitrogens with zero attached hydrogens (tertiary/aromatic N) is 2. The van der Waals surface area contributed by atoms with E-state index in [-0.39, 0.29) is 10.9 Å². The van der Waals surface area contributed by atoms with E-state index in [4.69, 9.17) is 5.73 Å². The average Bonchev–Trinajstić information content (AvgIpc) is 2.77. The molecule has 2 aliphatic carbocycles. The summed E-state index contributed by atoms with van der Waals surface area (Å²) in [5.74, 6) is -11.0. The number of carbonyl (C=O) groups excluding carboxylic acids is 3. The van der Waals surface area contributed by atoms with Crippen molar-refractivity contribution in [1.29, 1.82) is 0 Å². The van der Waals surface area contributed by atoms with E-state index in [1.54, 1.807) is 0 Å². The summed E-state index contributed by atoms with van der Waals surface area (Å²) in [5, 5.41) is 77.2. The zero-order valence-corrected chi connectivity index (χ0v) is 19.2. The van der Waals surface area contributed by atoms with Crippen molar-refractivity contribution < 1.29 is 49.9 Å². The zero-order chi connectivity index (χ0) is 27.2. The number of Topliss-reactive ketones (excluding diaryl/α,β-unsaturated/α-hetero) is 2. The van der Waals surface area contributed by atoms with Gasteiger partial charge in [-0.05, 0) is 26.6 Å². The molecule has 36 heavy (non-hydrogen) atoms. The van der Waals surface area contributed by atoms with Crippen LogP contribution in [-0.4, -0.2) is 83.7 Å². The lowest BCUT2D eigenvalue weighted by Crippen LogP contribution is -2.71. The van der Waals surface area contributed by atoms with Gasteiger partial charge in [0.25, 0.3) is 0 Å². The molecule has 2 aromatic carbocycles. The second-order valence-electron chi connectivity index (χ2n) is 9.30.